The van der Waals surface area contributed by atoms with Crippen molar-refractivity contribution in [1.82, 2.24) is 4.57 Å². The summed E-state index contributed by atoms with van der Waals surface area (Å²) in [4.78, 5) is 54.0. The van der Waals surface area contributed by atoms with Gasteiger partial charge in [0.15, 0.2) is 16.3 Å². The number of nitro groups is 1. The van der Waals surface area contributed by atoms with E-state index in [0.29, 0.717) is 21.6 Å². The Hall–Kier alpha value is -4.58. The minimum absolute atomic E-state index is 0.105. The number of nitrogens with zero attached hydrogens (tertiary/aromatic N) is 3. The first kappa shape index (κ1) is 27.5. The van der Waals surface area contributed by atoms with Gasteiger partial charge in [0.2, 0.25) is 0 Å². The second-order valence-corrected chi connectivity index (χ2v) is 9.40. The Balaban J connectivity index is 1.95. The number of ether oxygens (including phenoxy) is 3. The maximum Gasteiger partial charge on any atom is 0.338 e. The molecule has 0 fully saturated rings. The zero-order chi connectivity index (χ0) is 28.3. The molecule has 0 spiro atoms. The van der Waals surface area contributed by atoms with Gasteiger partial charge >= 0.3 is 11.9 Å². The fourth-order valence-electron chi connectivity index (χ4n) is 4.19. The summed E-state index contributed by atoms with van der Waals surface area (Å²) in [5, 5.41) is 11.2. The Morgan fingerprint density at radius 3 is 2.59 bits per heavy atom. The topological polar surface area (TPSA) is 139 Å². The molecule has 0 aliphatic carbocycles. The van der Waals surface area contributed by atoms with E-state index in [1.54, 1.807) is 51.1 Å². The molecule has 2 aromatic carbocycles. The van der Waals surface area contributed by atoms with E-state index < -0.39 is 28.5 Å². The van der Waals surface area contributed by atoms with Crippen LogP contribution >= 0.6 is 11.3 Å². The van der Waals surface area contributed by atoms with Crippen LogP contribution in [0.2, 0.25) is 0 Å². The maximum absolute atomic E-state index is 13.7. The molecule has 1 atom stereocenters. The summed E-state index contributed by atoms with van der Waals surface area (Å²) in [6.07, 6.45) is 1.55. The molecule has 0 N–H and O–H groups in total. The molecule has 202 valence electrons. The largest absolute Gasteiger partial charge is 0.490 e. The first-order valence-electron chi connectivity index (χ1n) is 12.0. The molecule has 3 aromatic rings. The van der Waals surface area contributed by atoms with Crippen LogP contribution in [-0.4, -0.2) is 34.6 Å². The van der Waals surface area contributed by atoms with Gasteiger partial charge in [0.25, 0.3) is 11.2 Å². The van der Waals surface area contributed by atoms with Crippen LogP contribution < -0.4 is 24.4 Å². The molecule has 0 amide bonds. The summed E-state index contributed by atoms with van der Waals surface area (Å²) in [6.45, 7) is 6.78. The van der Waals surface area contributed by atoms with Gasteiger partial charge in [0.05, 0.1) is 40.0 Å². The van der Waals surface area contributed by atoms with Crippen LogP contribution in [0, 0.1) is 10.1 Å². The fourth-order valence-corrected chi connectivity index (χ4v) is 5.24. The molecule has 0 saturated heterocycles. The van der Waals surface area contributed by atoms with Crippen molar-refractivity contribution in [2.75, 3.05) is 13.2 Å². The average molecular weight is 552 g/mol. The number of thiazole rings is 1. The predicted octanol–water partition coefficient (Wildman–Crippen LogP) is 3.03. The molecule has 39 heavy (non-hydrogen) atoms. The number of esters is 2. The lowest BCUT2D eigenvalue weighted by Crippen LogP contribution is -2.40. The molecule has 0 bridgehead atoms. The number of nitro benzene ring substituents is 1. The van der Waals surface area contributed by atoms with Crippen molar-refractivity contribution in [2.24, 2.45) is 4.99 Å². The van der Waals surface area contributed by atoms with E-state index in [1.165, 1.54) is 29.7 Å². The summed E-state index contributed by atoms with van der Waals surface area (Å²) in [5.74, 6) is -0.689. The smallest absolute Gasteiger partial charge is 0.338 e. The van der Waals surface area contributed by atoms with Gasteiger partial charge in [-0.2, -0.15) is 0 Å². The number of hydrogen-bond acceptors (Lipinski definition) is 10. The van der Waals surface area contributed by atoms with Crippen molar-refractivity contribution in [3.8, 4) is 11.5 Å². The second-order valence-electron chi connectivity index (χ2n) is 8.39. The molecular weight excluding hydrogens is 526 g/mol. The molecule has 0 unspecified atom stereocenters. The molecule has 0 saturated carbocycles. The van der Waals surface area contributed by atoms with Gasteiger partial charge < -0.3 is 14.2 Å². The van der Waals surface area contributed by atoms with Crippen molar-refractivity contribution in [3.05, 3.63) is 94.7 Å². The molecule has 11 nitrogen and oxygen atoms in total. The van der Waals surface area contributed by atoms with E-state index in [-0.39, 0.29) is 40.5 Å². The fraction of sp³-hybridized carbons (Fsp3) is 0.259. The zero-order valence-electron chi connectivity index (χ0n) is 21.6. The van der Waals surface area contributed by atoms with E-state index in [1.807, 2.05) is 0 Å². The number of carbonyl (C=O) groups is 2. The molecule has 4 rings (SSSR count). The highest BCUT2D eigenvalue weighted by Crippen LogP contribution is 2.36. The molecule has 1 aromatic heterocycles. The number of non-ortho nitro benzene ring substituents is 1. The lowest BCUT2D eigenvalue weighted by molar-refractivity contribution is -0.384. The summed E-state index contributed by atoms with van der Waals surface area (Å²) >= 11 is 1.10. The summed E-state index contributed by atoms with van der Waals surface area (Å²) in [7, 11) is 0. The Labute approximate surface area is 226 Å². The normalized spacial score (nSPS) is 14.9. The Morgan fingerprint density at radius 2 is 1.92 bits per heavy atom. The lowest BCUT2D eigenvalue weighted by atomic mass is 9.95. The number of fused-ring (bicyclic) bond motifs is 1. The van der Waals surface area contributed by atoms with E-state index in [4.69, 9.17) is 14.2 Å². The second kappa shape index (κ2) is 11.4. The Morgan fingerprint density at radius 1 is 1.15 bits per heavy atom. The number of allylic oxidation sites excluding steroid dienone is 1. The van der Waals surface area contributed by atoms with Crippen LogP contribution in [-0.2, 0) is 14.3 Å². The maximum atomic E-state index is 13.7. The number of hydrogen-bond donors (Lipinski definition) is 0. The van der Waals surface area contributed by atoms with Gasteiger partial charge in [0, 0.05) is 19.1 Å². The first-order chi connectivity index (χ1) is 18.6. The lowest BCUT2D eigenvalue weighted by Gasteiger charge is -2.25. The molecule has 0 radical (unpaired) electrons. The van der Waals surface area contributed by atoms with Crippen LogP contribution in [0.3, 0.4) is 0 Å². The first-order valence-corrected chi connectivity index (χ1v) is 12.9. The third kappa shape index (κ3) is 5.65. The zero-order valence-corrected chi connectivity index (χ0v) is 22.4. The molecule has 1 aliphatic rings. The highest BCUT2D eigenvalue weighted by atomic mass is 32.1. The number of rotatable bonds is 8. The van der Waals surface area contributed by atoms with Gasteiger partial charge in [0.1, 0.15) is 0 Å². The predicted molar refractivity (Wildman–Crippen MR) is 142 cm³/mol. The SMILES string of the molecule is CCOC(=O)C1=C(C)N=c2s/c(=C/c3cccc([N+](=O)[O-])c3)c(=O)n2[C@H]1c1ccc(OC(C)=O)c(OCC)c1. The summed E-state index contributed by atoms with van der Waals surface area (Å²) in [5.41, 5.74) is 0.988. The van der Waals surface area contributed by atoms with Crippen molar-refractivity contribution < 1.29 is 28.7 Å². The van der Waals surface area contributed by atoms with E-state index in [9.17, 15) is 24.5 Å². The van der Waals surface area contributed by atoms with E-state index >= 15 is 0 Å². The van der Waals surface area contributed by atoms with Crippen molar-refractivity contribution in [2.45, 2.75) is 33.7 Å². The van der Waals surface area contributed by atoms with Gasteiger partial charge in [-0.1, -0.05) is 29.5 Å². The molecule has 1 aliphatic heterocycles. The highest BCUT2D eigenvalue weighted by Gasteiger charge is 2.34. The third-order valence-electron chi connectivity index (χ3n) is 5.73. The number of benzene rings is 2. The summed E-state index contributed by atoms with van der Waals surface area (Å²) in [6, 6.07) is 9.80. The monoisotopic (exact) mass is 551 g/mol. The van der Waals surface area contributed by atoms with Crippen LogP contribution in [0.5, 0.6) is 11.5 Å². The average Bonchev–Trinajstić information content (AvgIpc) is 3.18. The van der Waals surface area contributed by atoms with Crippen LogP contribution in [0.25, 0.3) is 6.08 Å². The quantitative estimate of drug-likeness (QED) is 0.180. The minimum Gasteiger partial charge on any atom is -0.490 e. The van der Waals surface area contributed by atoms with Crippen molar-refractivity contribution in [3.63, 3.8) is 0 Å². The Kier molecular flexibility index (Phi) is 8.05. The van der Waals surface area contributed by atoms with Crippen molar-refractivity contribution >= 4 is 35.0 Å². The van der Waals surface area contributed by atoms with Crippen molar-refractivity contribution in [1.29, 1.82) is 0 Å². The highest BCUT2D eigenvalue weighted by molar-refractivity contribution is 7.07. The van der Waals surface area contributed by atoms with E-state index in [0.717, 1.165) is 11.3 Å². The molecular formula is C27H25N3O8S. The van der Waals surface area contributed by atoms with Gasteiger partial charge in [-0.05, 0) is 50.1 Å². The number of carbonyl (C=O) groups excluding carboxylic acids is 2. The van der Waals surface area contributed by atoms with Gasteiger partial charge in [-0.25, -0.2) is 9.79 Å². The molecule has 2 heterocycles. The van der Waals surface area contributed by atoms with Gasteiger partial charge in [-0.15, -0.1) is 0 Å². The summed E-state index contributed by atoms with van der Waals surface area (Å²) < 4.78 is 17.9. The Bertz CT molecular complexity index is 1690. The van der Waals surface area contributed by atoms with Crippen LogP contribution in [0.1, 0.15) is 44.9 Å². The molecule has 12 heteroatoms. The standard InChI is InChI=1S/C27H25N3O8S/c1-5-36-21-14-18(10-11-20(21)38-16(4)31)24-23(26(33)37-6-2)15(3)28-27-29(24)25(32)22(39-27)13-17-8-7-9-19(12-17)30(34)35/h7-14,24H,5-6H2,1-4H3/b22-13+/t24-/m0/s1. The van der Waals surface area contributed by atoms with Crippen LogP contribution in [0.15, 0.2) is 63.5 Å². The van der Waals surface area contributed by atoms with Gasteiger partial charge in [-0.3, -0.25) is 24.3 Å². The van der Waals surface area contributed by atoms with E-state index in [2.05, 4.69) is 4.99 Å². The third-order valence-corrected chi connectivity index (χ3v) is 6.72. The minimum atomic E-state index is -0.918. The number of aromatic nitrogens is 1. The van der Waals surface area contributed by atoms with Crippen LogP contribution in [0.4, 0.5) is 5.69 Å².